The van der Waals surface area contributed by atoms with Gasteiger partial charge in [-0.3, -0.25) is 4.79 Å². The van der Waals surface area contributed by atoms with Crippen LogP contribution in [0.25, 0.3) is 0 Å². The SMILES string of the molecule is CCC(C)C(=O)OCC(=O)OC1(C)CCCCC12CCCC2. The van der Waals surface area contributed by atoms with Crippen molar-refractivity contribution in [3.8, 4) is 0 Å². The zero-order valence-electron chi connectivity index (χ0n) is 14.3. The summed E-state index contributed by atoms with van der Waals surface area (Å²) in [7, 11) is 0. The standard InChI is InChI=1S/C18H30O4/c1-4-14(2)16(20)21-13-15(19)22-17(3)9-5-6-10-18(17)11-7-8-12-18/h14H,4-13H2,1-3H3. The van der Waals surface area contributed by atoms with Crippen LogP contribution in [0.3, 0.4) is 0 Å². The van der Waals surface area contributed by atoms with Crippen molar-refractivity contribution in [2.75, 3.05) is 6.61 Å². The lowest BCUT2D eigenvalue weighted by molar-refractivity contribution is -0.188. The van der Waals surface area contributed by atoms with Crippen molar-refractivity contribution in [1.82, 2.24) is 0 Å². The highest BCUT2D eigenvalue weighted by Crippen LogP contribution is 2.56. The van der Waals surface area contributed by atoms with E-state index in [-0.39, 0.29) is 29.5 Å². The minimum atomic E-state index is -0.396. The van der Waals surface area contributed by atoms with Crippen molar-refractivity contribution >= 4 is 11.9 Å². The molecule has 0 radical (unpaired) electrons. The molecule has 0 aromatic heterocycles. The highest BCUT2D eigenvalue weighted by molar-refractivity contribution is 5.77. The maximum atomic E-state index is 12.2. The monoisotopic (exact) mass is 310 g/mol. The second-order valence-corrected chi connectivity index (χ2v) is 7.32. The van der Waals surface area contributed by atoms with Gasteiger partial charge in [-0.05, 0) is 45.4 Å². The Labute approximate surface area is 133 Å². The first-order valence-electron chi connectivity index (χ1n) is 8.81. The van der Waals surface area contributed by atoms with E-state index in [9.17, 15) is 9.59 Å². The smallest absolute Gasteiger partial charge is 0.344 e. The number of carbonyl (C=O) groups is 2. The summed E-state index contributed by atoms with van der Waals surface area (Å²) in [5, 5.41) is 0. The molecular weight excluding hydrogens is 280 g/mol. The topological polar surface area (TPSA) is 52.6 Å². The van der Waals surface area contributed by atoms with E-state index in [4.69, 9.17) is 9.47 Å². The third kappa shape index (κ3) is 3.47. The molecule has 22 heavy (non-hydrogen) atoms. The highest BCUT2D eigenvalue weighted by Gasteiger charge is 2.53. The molecule has 0 amide bonds. The van der Waals surface area contributed by atoms with Crippen LogP contribution in [-0.4, -0.2) is 24.1 Å². The van der Waals surface area contributed by atoms with E-state index < -0.39 is 5.97 Å². The molecule has 0 saturated heterocycles. The van der Waals surface area contributed by atoms with E-state index in [0.29, 0.717) is 6.42 Å². The summed E-state index contributed by atoms with van der Waals surface area (Å²) in [4.78, 5) is 23.8. The molecule has 2 saturated carbocycles. The number of ether oxygens (including phenoxy) is 2. The Morgan fingerprint density at radius 1 is 1.05 bits per heavy atom. The van der Waals surface area contributed by atoms with E-state index >= 15 is 0 Å². The zero-order chi connectivity index (χ0) is 16.2. The molecule has 0 N–H and O–H groups in total. The molecule has 2 aliphatic carbocycles. The van der Waals surface area contributed by atoms with E-state index in [1.807, 2.05) is 13.8 Å². The summed E-state index contributed by atoms with van der Waals surface area (Å²) in [5.41, 5.74) is -0.233. The van der Waals surface area contributed by atoms with Crippen LogP contribution in [0.5, 0.6) is 0 Å². The van der Waals surface area contributed by atoms with Crippen molar-refractivity contribution in [2.24, 2.45) is 11.3 Å². The Kier molecular flexibility index (Phi) is 5.51. The van der Waals surface area contributed by atoms with Crippen LogP contribution >= 0.6 is 0 Å². The Bertz CT molecular complexity index is 411. The Morgan fingerprint density at radius 2 is 1.59 bits per heavy atom. The van der Waals surface area contributed by atoms with Gasteiger partial charge in [0, 0.05) is 5.41 Å². The summed E-state index contributed by atoms with van der Waals surface area (Å²) >= 11 is 0. The molecule has 0 aliphatic heterocycles. The maximum Gasteiger partial charge on any atom is 0.344 e. The van der Waals surface area contributed by atoms with Crippen molar-refractivity contribution in [2.45, 2.75) is 84.2 Å². The van der Waals surface area contributed by atoms with Gasteiger partial charge in [0.05, 0.1) is 5.92 Å². The highest BCUT2D eigenvalue weighted by atomic mass is 16.6. The van der Waals surface area contributed by atoms with Gasteiger partial charge in [0.1, 0.15) is 5.60 Å². The van der Waals surface area contributed by atoms with Crippen molar-refractivity contribution in [3.05, 3.63) is 0 Å². The zero-order valence-corrected chi connectivity index (χ0v) is 14.3. The number of hydrogen-bond donors (Lipinski definition) is 0. The Hall–Kier alpha value is -1.06. The van der Waals surface area contributed by atoms with E-state index in [1.165, 1.54) is 19.3 Å². The molecule has 0 heterocycles. The van der Waals surface area contributed by atoms with Crippen molar-refractivity contribution in [3.63, 3.8) is 0 Å². The number of rotatable bonds is 5. The van der Waals surface area contributed by atoms with Gasteiger partial charge in [-0.2, -0.15) is 0 Å². The number of esters is 2. The lowest BCUT2D eigenvalue weighted by Crippen LogP contribution is -2.50. The van der Waals surface area contributed by atoms with Crippen LogP contribution in [0.1, 0.15) is 78.6 Å². The molecule has 2 fully saturated rings. The summed E-state index contributed by atoms with van der Waals surface area (Å²) in [5.74, 6) is -0.879. The van der Waals surface area contributed by atoms with Gasteiger partial charge in [-0.15, -0.1) is 0 Å². The second-order valence-electron chi connectivity index (χ2n) is 7.32. The number of carbonyl (C=O) groups excluding carboxylic acids is 2. The first-order chi connectivity index (χ1) is 10.4. The lowest BCUT2D eigenvalue weighted by Gasteiger charge is -2.49. The quantitative estimate of drug-likeness (QED) is 0.720. The van der Waals surface area contributed by atoms with Gasteiger partial charge in [0.25, 0.3) is 0 Å². The van der Waals surface area contributed by atoms with Crippen LogP contribution in [0.2, 0.25) is 0 Å². The molecule has 1 spiro atoms. The van der Waals surface area contributed by atoms with Gasteiger partial charge in [0.15, 0.2) is 6.61 Å². The molecule has 4 nitrogen and oxygen atoms in total. The van der Waals surface area contributed by atoms with Crippen LogP contribution in [-0.2, 0) is 19.1 Å². The predicted octanol–water partition coefficient (Wildman–Crippen LogP) is 4.01. The fourth-order valence-corrected chi connectivity index (χ4v) is 4.16. The van der Waals surface area contributed by atoms with Crippen LogP contribution in [0, 0.1) is 11.3 Å². The van der Waals surface area contributed by atoms with Gasteiger partial charge in [0.2, 0.25) is 0 Å². The van der Waals surface area contributed by atoms with Crippen molar-refractivity contribution in [1.29, 1.82) is 0 Å². The predicted molar refractivity (Wildman–Crippen MR) is 84.3 cm³/mol. The molecule has 2 unspecified atom stereocenters. The summed E-state index contributed by atoms with van der Waals surface area (Å²) < 4.78 is 10.9. The summed E-state index contributed by atoms with van der Waals surface area (Å²) in [6.45, 7) is 5.57. The van der Waals surface area contributed by atoms with Crippen LogP contribution < -0.4 is 0 Å². The van der Waals surface area contributed by atoms with Crippen LogP contribution in [0.4, 0.5) is 0 Å². The first-order valence-corrected chi connectivity index (χ1v) is 8.81. The fraction of sp³-hybridized carbons (Fsp3) is 0.889. The summed E-state index contributed by atoms with van der Waals surface area (Å²) in [6, 6.07) is 0. The first kappa shape index (κ1) is 17.3. The lowest BCUT2D eigenvalue weighted by atomic mass is 9.62. The van der Waals surface area contributed by atoms with E-state index in [1.54, 1.807) is 0 Å². The minimum Gasteiger partial charge on any atom is -0.456 e. The largest absolute Gasteiger partial charge is 0.456 e. The number of hydrogen-bond acceptors (Lipinski definition) is 4. The second kappa shape index (κ2) is 7.01. The summed E-state index contributed by atoms with van der Waals surface area (Å²) in [6.07, 6.45) is 9.92. The minimum absolute atomic E-state index is 0.154. The molecule has 0 aromatic carbocycles. The average molecular weight is 310 g/mol. The average Bonchev–Trinajstić information content (AvgIpc) is 2.97. The van der Waals surface area contributed by atoms with Gasteiger partial charge >= 0.3 is 11.9 Å². The molecule has 2 aliphatic rings. The van der Waals surface area contributed by atoms with Crippen LogP contribution in [0.15, 0.2) is 0 Å². The van der Waals surface area contributed by atoms with Crippen molar-refractivity contribution < 1.29 is 19.1 Å². The van der Waals surface area contributed by atoms with E-state index in [2.05, 4.69) is 6.92 Å². The molecule has 2 atom stereocenters. The van der Waals surface area contributed by atoms with Gasteiger partial charge in [-0.25, -0.2) is 4.79 Å². The molecule has 4 heteroatoms. The molecule has 2 rings (SSSR count). The molecule has 0 bridgehead atoms. The normalized spacial score (nSPS) is 28.3. The Morgan fingerprint density at radius 3 is 2.14 bits per heavy atom. The maximum absolute atomic E-state index is 12.2. The van der Waals surface area contributed by atoms with Gasteiger partial charge < -0.3 is 9.47 Å². The van der Waals surface area contributed by atoms with Gasteiger partial charge in [-0.1, -0.05) is 33.1 Å². The molecule has 126 valence electrons. The van der Waals surface area contributed by atoms with E-state index in [0.717, 1.165) is 32.1 Å². The third-order valence-corrected chi connectivity index (χ3v) is 5.93. The third-order valence-electron chi connectivity index (χ3n) is 5.93. The molecule has 0 aromatic rings. The fourth-order valence-electron chi connectivity index (χ4n) is 4.16. The Balaban J connectivity index is 1.92. The molecular formula is C18H30O4.